The van der Waals surface area contributed by atoms with Gasteiger partial charge in [0, 0.05) is 43.8 Å². The molecule has 2 aliphatic heterocycles. The number of benzene rings is 2. The summed E-state index contributed by atoms with van der Waals surface area (Å²) >= 11 is 0. The van der Waals surface area contributed by atoms with Gasteiger partial charge in [-0.2, -0.15) is 0 Å². The largest absolute Gasteiger partial charge is 0.497 e. The van der Waals surface area contributed by atoms with Crippen LogP contribution in [-0.2, 0) is 11.3 Å². The number of nitrogens with one attached hydrogen (secondary N) is 1. The number of rotatable bonds is 8. The summed E-state index contributed by atoms with van der Waals surface area (Å²) in [5.74, 6) is 2.34. The molecule has 0 aliphatic carbocycles. The highest BCUT2D eigenvalue weighted by Gasteiger charge is 2.26. The summed E-state index contributed by atoms with van der Waals surface area (Å²) in [5.41, 5.74) is 2.84. The Morgan fingerprint density at radius 3 is 3.00 bits per heavy atom. The summed E-state index contributed by atoms with van der Waals surface area (Å²) in [5, 5.41) is 15.6. The number of aromatic nitrogens is 1. The number of aliphatic hydroxyl groups is 1. The van der Waals surface area contributed by atoms with Crippen molar-refractivity contribution in [2.24, 2.45) is 0 Å². The predicted octanol–water partition coefficient (Wildman–Crippen LogP) is 2.50. The van der Waals surface area contributed by atoms with Crippen molar-refractivity contribution in [3.8, 4) is 17.2 Å². The van der Waals surface area contributed by atoms with E-state index in [0.717, 1.165) is 58.9 Å². The van der Waals surface area contributed by atoms with Crippen LogP contribution in [0.15, 0.2) is 48.7 Å². The zero-order valence-corrected chi connectivity index (χ0v) is 18.7. The quantitative estimate of drug-likeness (QED) is 0.541. The summed E-state index contributed by atoms with van der Waals surface area (Å²) in [4.78, 5) is 6.72. The van der Waals surface area contributed by atoms with Crippen LogP contribution in [0, 0.1) is 0 Å². The molecule has 33 heavy (non-hydrogen) atoms. The maximum Gasteiger partial charge on any atom is 0.231 e. The van der Waals surface area contributed by atoms with Gasteiger partial charge in [0.05, 0.1) is 31.9 Å². The number of methoxy groups -OCH3 is 1. The van der Waals surface area contributed by atoms with Crippen LogP contribution in [0.2, 0.25) is 0 Å². The molecule has 3 aromatic rings. The fraction of sp³-hybridized carbons (Fsp3) is 0.400. The van der Waals surface area contributed by atoms with E-state index in [9.17, 15) is 5.11 Å². The standard InChI is InChI=1S/C25H29N3O5/c1-30-19-3-4-22-21(11-19)20(6-7-27-22)23(29)14-28-8-9-31-15-18(28)13-26-12-17-2-5-24-25(10-17)33-16-32-24/h2-7,10-11,18,23,26,29H,8-9,12-16H2,1H3. The van der Waals surface area contributed by atoms with Gasteiger partial charge in [-0.1, -0.05) is 6.07 Å². The lowest BCUT2D eigenvalue weighted by atomic mass is 10.0. The monoisotopic (exact) mass is 451 g/mol. The first kappa shape index (κ1) is 21.9. The average Bonchev–Trinajstić information content (AvgIpc) is 3.32. The number of pyridine rings is 1. The Kier molecular flexibility index (Phi) is 6.59. The Labute approximate surface area is 193 Å². The molecule has 2 N–H and O–H groups in total. The van der Waals surface area contributed by atoms with Crippen LogP contribution in [-0.4, -0.2) is 67.8 Å². The van der Waals surface area contributed by atoms with E-state index in [1.54, 1.807) is 13.3 Å². The van der Waals surface area contributed by atoms with Crippen molar-refractivity contribution in [1.29, 1.82) is 0 Å². The molecule has 2 unspecified atom stereocenters. The second-order valence-corrected chi connectivity index (χ2v) is 8.34. The Morgan fingerprint density at radius 1 is 1.18 bits per heavy atom. The number of hydrogen-bond acceptors (Lipinski definition) is 8. The van der Waals surface area contributed by atoms with Crippen molar-refractivity contribution in [3.63, 3.8) is 0 Å². The van der Waals surface area contributed by atoms with E-state index in [-0.39, 0.29) is 12.8 Å². The number of morpholine rings is 1. The third kappa shape index (κ3) is 4.89. The first-order chi connectivity index (χ1) is 16.2. The average molecular weight is 452 g/mol. The molecule has 0 spiro atoms. The number of nitrogens with zero attached hydrogens (tertiary/aromatic N) is 2. The zero-order chi connectivity index (χ0) is 22.6. The number of hydrogen-bond donors (Lipinski definition) is 2. The Morgan fingerprint density at radius 2 is 2.09 bits per heavy atom. The van der Waals surface area contributed by atoms with Crippen LogP contribution in [0.4, 0.5) is 0 Å². The molecule has 0 amide bonds. The van der Waals surface area contributed by atoms with Crippen LogP contribution in [0.5, 0.6) is 17.2 Å². The first-order valence-electron chi connectivity index (χ1n) is 11.2. The topological polar surface area (TPSA) is 85.3 Å². The molecular weight excluding hydrogens is 422 g/mol. The molecule has 1 fully saturated rings. The molecule has 2 atom stereocenters. The predicted molar refractivity (Wildman–Crippen MR) is 124 cm³/mol. The lowest BCUT2D eigenvalue weighted by Crippen LogP contribution is -2.51. The minimum atomic E-state index is -0.642. The first-order valence-corrected chi connectivity index (χ1v) is 11.2. The molecule has 2 aliphatic rings. The summed E-state index contributed by atoms with van der Waals surface area (Å²) in [6.07, 6.45) is 1.11. The molecule has 5 rings (SSSR count). The molecule has 1 saturated heterocycles. The molecule has 0 bridgehead atoms. The highest BCUT2D eigenvalue weighted by atomic mass is 16.7. The van der Waals surface area contributed by atoms with Gasteiger partial charge in [-0.05, 0) is 47.5 Å². The Hall–Kier alpha value is -2.91. The zero-order valence-electron chi connectivity index (χ0n) is 18.7. The number of β-amino-alcohol motifs (C(OH)–C–C–N with tert-alkyl or cyclic N) is 1. The summed E-state index contributed by atoms with van der Waals surface area (Å²) in [6.45, 7) is 4.35. The molecular formula is C25H29N3O5. The highest BCUT2D eigenvalue weighted by Crippen LogP contribution is 2.32. The van der Waals surface area contributed by atoms with E-state index >= 15 is 0 Å². The van der Waals surface area contributed by atoms with Crippen molar-refractivity contribution in [2.45, 2.75) is 18.7 Å². The normalized spacial score (nSPS) is 19.0. The van der Waals surface area contributed by atoms with Gasteiger partial charge in [0.25, 0.3) is 0 Å². The van der Waals surface area contributed by atoms with Crippen LogP contribution in [0.1, 0.15) is 17.2 Å². The maximum absolute atomic E-state index is 11.1. The molecule has 2 aromatic carbocycles. The van der Waals surface area contributed by atoms with Crippen molar-refractivity contribution in [1.82, 2.24) is 15.2 Å². The third-order valence-corrected chi connectivity index (χ3v) is 6.24. The summed E-state index contributed by atoms with van der Waals surface area (Å²) in [7, 11) is 1.64. The molecule has 3 heterocycles. The second-order valence-electron chi connectivity index (χ2n) is 8.34. The lowest BCUT2D eigenvalue weighted by molar-refractivity contribution is -0.0259. The van der Waals surface area contributed by atoms with E-state index in [1.165, 1.54) is 0 Å². The highest BCUT2D eigenvalue weighted by molar-refractivity contribution is 5.83. The van der Waals surface area contributed by atoms with Crippen LogP contribution in [0.3, 0.4) is 0 Å². The molecule has 0 saturated carbocycles. The van der Waals surface area contributed by atoms with E-state index in [1.807, 2.05) is 42.5 Å². The van der Waals surface area contributed by atoms with Crippen LogP contribution < -0.4 is 19.5 Å². The van der Waals surface area contributed by atoms with E-state index < -0.39 is 6.10 Å². The van der Waals surface area contributed by atoms with Gasteiger partial charge in [-0.15, -0.1) is 0 Å². The SMILES string of the molecule is COc1ccc2nccc(C(O)CN3CCOCC3CNCc3ccc4c(c3)OCO4)c2c1. The second kappa shape index (κ2) is 9.93. The van der Waals surface area contributed by atoms with Gasteiger partial charge in [0.1, 0.15) is 5.75 Å². The Bertz CT molecular complexity index is 1110. The van der Waals surface area contributed by atoms with E-state index in [2.05, 4.69) is 15.2 Å². The van der Waals surface area contributed by atoms with Gasteiger partial charge >= 0.3 is 0 Å². The molecule has 8 heteroatoms. The Balaban J connectivity index is 1.23. The van der Waals surface area contributed by atoms with Crippen molar-refractivity contribution in [3.05, 3.63) is 59.8 Å². The van der Waals surface area contributed by atoms with E-state index in [4.69, 9.17) is 18.9 Å². The number of fused-ring (bicyclic) bond motifs is 2. The van der Waals surface area contributed by atoms with Crippen molar-refractivity contribution in [2.75, 3.05) is 46.8 Å². The number of ether oxygens (including phenoxy) is 4. The van der Waals surface area contributed by atoms with Crippen molar-refractivity contribution < 1.29 is 24.1 Å². The smallest absolute Gasteiger partial charge is 0.231 e. The van der Waals surface area contributed by atoms with Crippen LogP contribution >= 0.6 is 0 Å². The summed E-state index contributed by atoms with van der Waals surface area (Å²) < 4.78 is 22.0. The minimum absolute atomic E-state index is 0.171. The van der Waals surface area contributed by atoms with Crippen molar-refractivity contribution >= 4 is 10.9 Å². The van der Waals surface area contributed by atoms with Gasteiger partial charge in [-0.25, -0.2) is 0 Å². The van der Waals surface area contributed by atoms with Crippen LogP contribution in [0.25, 0.3) is 10.9 Å². The summed E-state index contributed by atoms with van der Waals surface area (Å²) in [6, 6.07) is 13.8. The van der Waals surface area contributed by atoms with Gasteiger partial charge in [-0.3, -0.25) is 9.88 Å². The molecule has 174 valence electrons. The third-order valence-electron chi connectivity index (χ3n) is 6.24. The minimum Gasteiger partial charge on any atom is -0.497 e. The van der Waals surface area contributed by atoms with E-state index in [0.29, 0.717) is 19.8 Å². The van der Waals surface area contributed by atoms with Gasteiger partial charge in [0.2, 0.25) is 6.79 Å². The molecule has 8 nitrogen and oxygen atoms in total. The van der Waals surface area contributed by atoms with Gasteiger partial charge < -0.3 is 29.4 Å². The van der Waals surface area contributed by atoms with Gasteiger partial charge in [0.15, 0.2) is 11.5 Å². The molecule has 1 aromatic heterocycles. The lowest BCUT2D eigenvalue weighted by Gasteiger charge is -2.37. The fourth-order valence-electron chi connectivity index (χ4n) is 4.44. The number of aliphatic hydroxyl groups excluding tert-OH is 1. The fourth-order valence-corrected chi connectivity index (χ4v) is 4.44. The molecule has 0 radical (unpaired) electrons. The maximum atomic E-state index is 11.1.